The molecule has 1 unspecified atom stereocenters. The van der Waals surface area contributed by atoms with Crippen molar-refractivity contribution in [3.8, 4) is 6.07 Å². The molecule has 0 fully saturated rings. The topological polar surface area (TPSA) is 123 Å². The Morgan fingerprint density at radius 2 is 2.03 bits per heavy atom. The normalized spacial score (nSPS) is 15.0. The van der Waals surface area contributed by atoms with Crippen LogP contribution in [0.5, 0.6) is 0 Å². The van der Waals surface area contributed by atoms with Crippen LogP contribution < -0.4 is 16.7 Å². The fraction of sp³-hybridized carbons (Fsp3) is 0.231. The lowest BCUT2D eigenvalue weighted by atomic mass is 10.1. The number of aryl methyl sites for hydroxylation is 2. The van der Waals surface area contributed by atoms with Gasteiger partial charge in [0.2, 0.25) is 5.95 Å². The van der Waals surface area contributed by atoms with E-state index in [4.69, 9.17) is 11.6 Å². The van der Waals surface area contributed by atoms with Gasteiger partial charge in [-0.05, 0) is 54.8 Å². The van der Waals surface area contributed by atoms with E-state index in [2.05, 4.69) is 26.5 Å². The van der Waals surface area contributed by atoms with Crippen LogP contribution in [-0.2, 0) is 13.6 Å². The highest BCUT2D eigenvalue weighted by Gasteiger charge is 2.22. The number of halogens is 1. The lowest BCUT2D eigenvalue weighted by Crippen LogP contribution is -2.45. The van der Waals surface area contributed by atoms with E-state index in [9.17, 15) is 14.9 Å². The molecule has 0 amide bonds. The van der Waals surface area contributed by atoms with Crippen LogP contribution in [0.15, 0.2) is 62.8 Å². The SMILES string of the molecule is CC1=CC(n2c(=O)nc(Nc3cc4cn(C)nc4cc3Cl)n(Cc3cc(C#N)ccc3C)c2=O)CN=C1. The number of rotatable bonds is 5. The van der Waals surface area contributed by atoms with E-state index in [0.717, 1.165) is 26.7 Å². The third-order valence-electron chi connectivity index (χ3n) is 6.24. The molecule has 186 valence electrons. The Morgan fingerprint density at radius 1 is 1.22 bits per heavy atom. The van der Waals surface area contributed by atoms with Crippen LogP contribution in [0.4, 0.5) is 11.6 Å². The van der Waals surface area contributed by atoms with Gasteiger partial charge in [0.05, 0.1) is 47.0 Å². The van der Waals surface area contributed by atoms with Gasteiger partial charge in [-0.15, -0.1) is 0 Å². The van der Waals surface area contributed by atoms with Crippen LogP contribution >= 0.6 is 11.6 Å². The summed E-state index contributed by atoms with van der Waals surface area (Å²) < 4.78 is 4.17. The molecule has 1 aliphatic rings. The highest BCUT2D eigenvalue weighted by molar-refractivity contribution is 6.34. The molecule has 0 saturated heterocycles. The van der Waals surface area contributed by atoms with E-state index < -0.39 is 17.4 Å². The minimum absolute atomic E-state index is 0.0400. The Balaban J connectivity index is 1.67. The largest absolute Gasteiger partial charge is 0.355 e. The summed E-state index contributed by atoms with van der Waals surface area (Å²) in [5, 5.41) is 18.0. The average molecular weight is 515 g/mol. The van der Waals surface area contributed by atoms with Gasteiger partial charge in [-0.25, -0.2) is 14.2 Å². The molecule has 0 saturated carbocycles. The van der Waals surface area contributed by atoms with Crippen LogP contribution in [0.3, 0.4) is 0 Å². The van der Waals surface area contributed by atoms with E-state index in [1.165, 1.54) is 4.57 Å². The molecular weight excluding hydrogens is 492 g/mol. The number of aromatic nitrogens is 5. The number of nitrogens with zero attached hydrogens (tertiary/aromatic N) is 7. The molecule has 3 heterocycles. The molecule has 10 nitrogen and oxygen atoms in total. The highest BCUT2D eigenvalue weighted by Crippen LogP contribution is 2.29. The lowest BCUT2D eigenvalue weighted by Gasteiger charge is -2.21. The van der Waals surface area contributed by atoms with Crippen molar-refractivity contribution in [2.45, 2.75) is 26.4 Å². The molecule has 0 spiro atoms. The monoisotopic (exact) mass is 514 g/mol. The molecule has 2 aromatic heterocycles. The molecule has 11 heteroatoms. The predicted octanol–water partition coefficient (Wildman–Crippen LogP) is 3.49. The van der Waals surface area contributed by atoms with Gasteiger partial charge in [-0.1, -0.05) is 23.7 Å². The van der Waals surface area contributed by atoms with E-state index >= 15 is 0 Å². The summed E-state index contributed by atoms with van der Waals surface area (Å²) in [7, 11) is 1.81. The first kappa shape index (κ1) is 24.2. The van der Waals surface area contributed by atoms with Crippen molar-refractivity contribution in [1.82, 2.24) is 23.9 Å². The summed E-state index contributed by atoms with van der Waals surface area (Å²) in [6.07, 6.45) is 5.37. The zero-order valence-corrected chi connectivity index (χ0v) is 21.2. The molecule has 0 aliphatic carbocycles. The van der Waals surface area contributed by atoms with Gasteiger partial charge in [-0.2, -0.15) is 15.3 Å². The smallest absolute Gasteiger partial charge is 0.324 e. The molecule has 1 atom stereocenters. The van der Waals surface area contributed by atoms with E-state index in [-0.39, 0.29) is 19.0 Å². The quantitative estimate of drug-likeness (QED) is 0.435. The van der Waals surface area contributed by atoms with Gasteiger partial charge >= 0.3 is 11.4 Å². The van der Waals surface area contributed by atoms with E-state index in [1.807, 2.05) is 39.2 Å². The molecule has 1 N–H and O–H groups in total. The number of anilines is 2. The minimum Gasteiger partial charge on any atom is -0.324 e. The molecule has 0 radical (unpaired) electrons. The standard InChI is InChI=1S/C26H23ClN8O2/c1-15-6-20(12-29-11-15)35-25(36)31-24(30-23-8-19-13-33(3)32-22(19)9-21(23)27)34(26(35)37)14-18-7-17(10-28)5-4-16(18)2/h4-9,11,13,20H,12,14H2,1-3H3,(H,30,31,36). The van der Waals surface area contributed by atoms with Gasteiger partial charge in [0.1, 0.15) is 0 Å². The highest BCUT2D eigenvalue weighted by atomic mass is 35.5. The third-order valence-corrected chi connectivity index (χ3v) is 6.55. The van der Waals surface area contributed by atoms with Crippen molar-refractivity contribution in [1.29, 1.82) is 5.26 Å². The number of nitriles is 1. The molecule has 1 aliphatic heterocycles. The Labute approximate surface area is 216 Å². The maximum atomic E-state index is 13.8. The van der Waals surface area contributed by atoms with Crippen LogP contribution in [0.1, 0.15) is 29.7 Å². The zero-order valence-electron chi connectivity index (χ0n) is 20.4. The maximum Gasteiger partial charge on any atom is 0.355 e. The van der Waals surface area contributed by atoms with E-state index in [0.29, 0.717) is 21.8 Å². The second-order valence-corrected chi connectivity index (χ2v) is 9.41. The van der Waals surface area contributed by atoms with Crippen molar-refractivity contribution >= 4 is 40.4 Å². The Morgan fingerprint density at radius 3 is 2.78 bits per heavy atom. The Kier molecular flexibility index (Phi) is 6.23. The number of hydrogen-bond acceptors (Lipinski definition) is 7. The number of allylic oxidation sites excluding steroid dienone is 1. The summed E-state index contributed by atoms with van der Waals surface area (Å²) >= 11 is 6.52. The van der Waals surface area contributed by atoms with Crippen molar-refractivity contribution in [2.24, 2.45) is 12.0 Å². The third kappa shape index (κ3) is 4.69. The maximum absolute atomic E-state index is 13.8. The zero-order chi connectivity index (χ0) is 26.3. The average Bonchev–Trinajstić information content (AvgIpc) is 3.21. The van der Waals surface area contributed by atoms with Crippen molar-refractivity contribution in [3.63, 3.8) is 0 Å². The lowest BCUT2D eigenvalue weighted by molar-refractivity contribution is 0.506. The summed E-state index contributed by atoms with van der Waals surface area (Å²) in [4.78, 5) is 35.5. The number of fused-ring (bicyclic) bond motifs is 1. The fourth-order valence-corrected chi connectivity index (χ4v) is 4.56. The van der Waals surface area contributed by atoms with Gasteiger partial charge in [0, 0.05) is 24.8 Å². The molecule has 5 rings (SSSR count). The van der Waals surface area contributed by atoms with Crippen molar-refractivity contribution in [3.05, 3.63) is 90.9 Å². The van der Waals surface area contributed by atoms with Gasteiger partial charge in [0.15, 0.2) is 0 Å². The van der Waals surface area contributed by atoms with E-state index in [1.54, 1.807) is 35.2 Å². The second-order valence-electron chi connectivity index (χ2n) is 9.00. The van der Waals surface area contributed by atoms with Gasteiger partial charge < -0.3 is 5.32 Å². The molecule has 4 aromatic rings. The van der Waals surface area contributed by atoms with Crippen LogP contribution in [-0.4, -0.2) is 36.7 Å². The summed E-state index contributed by atoms with van der Waals surface area (Å²) in [5.74, 6) is 0.0400. The summed E-state index contributed by atoms with van der Waals surface area (Å²) in [6.45, 7) is 4.10. The molecule has 0 bridgehead atoms. The summed E-state index contributed by atoms with van der Waals surface area (Å²) in [5.41, 5.74) is 2.90. The van der Waals surface area contributed by atoms with Crippen LogP contribution in [0, 0.1) is 18.3 Å². The molecular formula is C26H23ClN8O2. The fourth-order valence-electron chi connectivity index (χ4n) is 4.36. The molecule has 2 aromatic carbocycles. The minimum atomic E-state index is -0.698. The van der Waals surface area contributed by atoms with Crippen LogP contribution in [0.2, 0.25) is 5.02 Å². The number of hydrogen-bond donors (Lipinski definition) is 1. The predicted molar refractivity (Wildman–Crippen MR) is 143 cm³/mol. The van der Waals surface area contributed by atoms with Crippen molar-refractivity contribution < 1.29 is 0 Å². The van der Waals surface area contributed by atoms with Crippen molar-refractivity contribution in [2.75, 3.05) is 11.9 Å². The second kappa shape index (κ2) is 9.52. The number of aliphatic imine (C=N–C) groups is 1. The number of dihydropyridines is 1. The number of benzene rings is 2. The first-order chi connectivity index (χ1) is 17.7. The molecule has 37 heavy (non-hydrogen) atoms. The number of nitrogens with one attached hydrogen (secondary N) is 1. The first-order valence-corrected chi connectivity index (χ1v) is 11.9. The van der Waals surface area contributed by atoms with Gasteiger partial charge in [0.25, 0.3) is 0 Å². The van der Waals surface area contributed by atoms with Gasteiger partial charge in [-0.3, -0.25) is 14.2 Å². The summed E-state index contributed by atoms with van der Waals surface area (Å²) in [6, 6.07) is 10.3. The van der Waals surface area contributed by atoms with Crippen LogP contribution in [0.25, 0.3) is 10.9 Å². The first-order valence-electron chi connectivity index (χ1n) is 11.5. The Hall–Kier alpha value is -4.49. The Bertz CT molecular complexity index is 1770.